The summed E-state index contributed by atoms with van der Waals surface area (Å²) >= 11 is 0. The van der Waals surface area contributed by atoms with Crippen molar-refractivity contribution in [1.82, 2.24) is 0 Å². The molecule has 0 saturated carbocycles. The van der Waals surface area contributed by atoms with Crippen LogP contribution in [0, 0.1) is 5.92 Å². The molecule has 62 valence electrons. The Morgan fingerprint density at radius 3 is 1.64 bits per heavy atom. The van der Waals surface area contributed by atoms with Gasteiger partial charge in [-0.1, -0.05) is 13.0 Å². The summed E-state index contributed by atoms with van der Waals surface area (Å²) in [6.07, 6.45) is 0.340. The summed E-state index contributed by atoms with van der Waals surface area (Å²) in [5.74, 6) is 1.36. The van der Waals surface area contributed by atoms with Crippen molar-refractivity contribution in [3.63, 3.8) is 0 Å². The van der Waals surface area contributed by atoms with Crippen LogP contribution in [0.2, 0.25) is 19.6 Å². The Kier molecular flexibility index (Phi) is 7.06. The Balaban J connectivity index is 0. The monoisotopic (exact) mass is 166 g/mol. The molecule has 0 aliphatic heterocycles. The molecule has 3 heteroatoms. The van der Waals surface area contributed by atoms with E-state index in [9.17, 15) is 0 Å². The van der Waals surface area contributed by atoms with Crippen molar-refractivity contribution in [2.24, 2.45) is 0 Å². The van der Waals surface area contributed by atoms with Gasteiger partial charge in [0.2, 0.25) is 0 Å². The van der Waals surface area contributed by atoms with E-state index in [4.69, 9.17) is 4.43 Å². The van der Waals surface area contributed by atoms with Crippen LogP contribution in [0.25, 0.3) is 0 Å². The molecular formula is C8H19LiOSi. The van der Waals surface area contributed by atoms with Crippen LogP contribution in [0.3, 0.4) is 0 Å². The van der Waals surface area contributed by atoms with Crippen molar-refractivity contribution >= 4 is 8.32 Å². The van der Waals surface area contributed by atoms with Crippen LogP contribution >= 0.6 is 0 Å². The molecule has 0 heterocycles. The minimum atomic E-state index is -1.30. The van der Waals surface area contributed by atoms with Gasteiger partial charge in [0.05, 0.1) is 0 Å². The topological polar surface area (TPSA) is 9.23 Å². The maximum Gasteiger partial charge on any atom is 1.00 e. The molecule has 0 saturated heterocycles. The third-order valence-electron chi connectivity index (χ3n) is 1.34. The molecular weight excluding hydrogens is 147 g/mol. The molecule has 1 nitrogen and oxygen atoms in total. The van der Waals surface area contributed by atoms with Gasteiger partial charge in [0.1, 0.15) is 0 Å². The van der Waals surface area contributed by atoms with E-state index in [1.54, 1.807) is 0 Å². The largest absolute Gasteiger partial charge is 1.00 e. The average Bonchev–Trinajstić information content (AvgIpc) is 1.60. The molecule has 11 heavy (non-hydrogen) atoms. The van der Waals surface area contributed by atoms with E-state index in [1.807, 2.05) is 0 Å². The first-order valence-corrected chi connectivity index (χ1v) is 7.21. The van der Waals surface area contributed by atoms with Crippen molar-refractivity contribution in [3.05, 3.63) is 5.92 Å². The van der Waals surface area contributed by atoms with Gasteiger partial charge in [-0.3, -0.25) is 5.92 Å². The third kappa shape index (κ3) is 8.68. The fourth-order valence-corrected chi connectivity index (χ4v) is 1.94. The summed E-state index contributed by atoms with van der Waals surface area (Å²) in [5.41, 5.74) is 0. The SMILES string of the molecule is C[C-](C)C(C)O[Si](C)(C)C.[Li+]. The predicted octanol–water partition coefficient (Wildman–Crippen LogP) is -0.155. The summed E-state index contributed by atoms with van der Waals surface area (Å²) < 4.78 is 5.80. The van der Waals surface area contributed by atoms with Crippen molar-refractivity contribution < 1.29 is 23.3 Å². The molecule has 1 unspecified atom stereocenters. The van der Waals surface area contributed by atoms with Gasteiger partial charge in [-0.15, -0.1) is 0 Å². The van der Waals surface area contributed by atoms with Gasteiger partial charge in [0.25, 0.3) is 0 Å². The quantitative estimate of drug-likeness (QED) is 0.418. The molecule has 0 bridgehead atoms. The van der Waals surface area contributed by atoms with Crippen molar-refractivity contribution in [2.75, 3.05) is 0 Å². The van der Waals surface area contributed by atoms with Crippen LogP contribution in [-0.4, -0.2) is 14.4 Å². The van der Waals surface area contributed by atoms with Gasteiger partial charge in [-0.05, 0) is 19.6 Å². The third-order valence-corrected chi connectivity index (χ3v) is 2.40. The molecule has 0 spiro atoms. The smallest absolute Gasteiger partial charge is 0.445 e. The van der Waals surface area contributed by atoms with Crippen LogP contribution in [0.15, 0.2) is 0 Å². The van der Waals surface area contributed by atoms with Crippen molar-refractivity contribution in [2.45, 2.75) is 46.5 Å². The molecule has 0 radical (unpaired) electrons. The zero-order chi connectivity index (χ0) is 8.36. The predicted molar refractivity (Wildman–Crippen MR) is 48.5 cm³/mol. The molecule has 1 atom stereocenters. The standard InChI is InChI=1S/C8H19OSi.Li/c1-7(2)8(3)9-10(4,5)6;/h8H,1-6H3;/q-1;+1. The Bertz CT molecular complexity index is 98.8. The van der Waals surface area contributed by atoms with Crippen LogP contribution < -0.4 is 18.9 Å². The molecule has 0 fully saturated rings. The second-order valence-corrected chi connectivity index (χ2v) is 8.41. The zero-order valence-electron chi connectivity index (χ0n) is 8.99. The van der Waals surface area contributed by atoms with E-state index in [-0.39, 0.29) is 18.9 Å². The van der Waals surface area contributed by atoms with Gasteiger partial charge in [-0.2, -0.15) is 13.8 Å². The van der Waals surface area contributed by atoms with Crippen LogP contribution in [0.5, 0.6) is 0 Å². The van der Waals surface area contributed by atoms with Crippen molar-refractivity contribution in [1.29, 1.82) is 0 Å². The molecule has 0 aromatic carbocycles. The van der Waals surface area contributed by atoms with E-state index >= 15 is 0 Å². The first-order chi connectivity index (χ1) is 4.33. The Hall–Kier alpha value is 0.774. The summed E-state index contributed by atoms with van der Waals surface area (Å²) in [4.78, 5) is 0. The average molecular weight is 166 g/mol. The van der Waals surface area contributed by atoms with E-state index in [0.29, 0.717) is 6.10 Å². The molecule has 0 aromatic rings. The summed E-state index contributed by atoms with van der Waals surface area (Å²) in [6, 6.07) is 0. The Morgan fingerprint density at radius 2 is 1.55 bits per heavy atom. The maximum atomic E-state index is 5.80. The zero-order valence-corrected chi connectivity index (χ0v) is 9.99. The first-order valence-electron chi connectivity index (χ1n) is 3.81. The summed E-state index contributed by atoms with van der Waals surface area (Å²) in [6.45, 7) is 13.0. The summed E-state index contributed by atoms with van der Waals surface area (Å²) in [7, 11) is -1.30. The molecule has 0 aromatic heterocycles. The Labute approximate surface area is 84.2 Å². The number of hydrogen-bond acceptors (Lipinski definition) is 1. The second kappa shape index (κ2) is 5.43. The molecule has 0 aliphatic rings. The van der Waals surface area contributed by atoms with Crippen LogP contribution in [0.1, 0.15) is 20.8 Å². The Morgan fingerprint density at radius 1 is 1.18 bits per heavy atom. The maximum absolute atomic E-state index is 5.80. The van der Waals surface area contributed by atoms with Gasteiger partial charge in [0.15, 0.2) is 8.32 Å². The molecule has 0 N–H and O–H groups in total. The van der Waals surface area contributed by atoms with Gasteiger partial charge < -0.3 is 4.43 Å². The number of hydrogen-bond donors (Lipinski definition) is 0. The van der Waals surface area contributed by atoms with Gasteiger partial charge >= 0.3 is 18.9 Å². The minimum Gasteiger partial charge on any atom is -0.445 e. The minimum absolute atomic E-state index is 0. The van der Waals surface area contributed by atoms with E-state index < -0.39 is 8.32 Å². The normalized spacial score (nSPS) is 14.5. The fourth-order valence-electron chi connectivity index (χ4n) is 0.648. The summed E-state index contributed by atoms with van der Waals surface area (Å²) in [5, 5.41) is 0. The number of rotatable bonds is 3. The molecule has 0 amide bonds. The second-order valence-electron chi connectivity index (χ2n) is 3.95. The van der Waals surface area contributed by atoms with Crippen molar-refractivity contribution in [3.8, 4) is 0 Å². The van der Waals surface area contributed by atoms with E-state index in [0.717, 1.165) is 0 Å². The first kappa shape index (κ1) is 14.3. The van der Waals surface area contributed by atoms with Crippen LogP contribution in [0.4, 0.5) is 0 Å². The van der Waals surface area contributed by atoms with Gasteiger partial charge in [0, 0.05) is 0 Å². The van der Waals surface area contributed by atoms with Gasteiger partial charge in [-0.25, -0.2) is 0 Å². The molecule has 0 aliphatic carbocycles. The van der Waals surface area contributed by atoms with Crippen LogP contribution in [-0.2, 0) is 4.43 Å². The fraction of sp³-hybridized carbons (Fsp3) is 0.875. The molecule has 0 rings (SSSR count). The van der Waals surface area contributed by atoms with E-state index in [2.05, 4.69) is 40.4 Å². The van der Waals surface area contributed by atoms with E-state index in [1.165, 1.54) is 5.92 Å².